The summed E-state index contributed by atoms with van der Waals surface area (Å²) in [5.74, 6) is 1.71. The third-order valence-electron chi connectivity index (χ3n) is 7.81. The highest BCUT2D eigenvalue weighted by Crippen LogP contribution is 2.53. The zero-order valence-electron chi connectivity index (χ0n) is 18.3. The molecular formula is C22H31N3O5S. The molecular weight excluding hydrogens is 418 g/mol. The number of hydrogen-bond acceptors (Lipinski definition) is 5. The largest absolute Gasteiger partial charge is 0.351 e. The zero-order valence-corrected chi connectivity index (χ0v) is 19.1. The van der Waals surface area contributed by atoms with E-state index in [2.05, 4.69) is 5.32 Å². The maximum absolute atomic E-state index is 13.2. The van der Waals surface area contributed by atoms with Crippen molar-refractivity contribution in [2.75, 3.05) is 7.05 Å². The van der Waals surface area contributed by atoms with E-state index in [1.165, 1.54) is 31.7 Å². The first-order valence-corrected chi connectivity index (χ1v) is 12.6. The minimum atomic E-state index is -3.97. The quantitative estimate of drug-likeness (QED) is 0.508. The van der Waals surface area contributed by atoms with Gasteiger partial charge in [0.15, 0.2) is 0 Å². The van der Waals surface area contributed by atoms with Crippen LogP contribution in [0.15, 0.2) is 24.3 Å². The number of rotatable bonds is 7. The first kappa shape index (κ1) is 22.2. The number of amides is 1. The van der Waals surface area contributed by atoms with E-state index in [4.69, 9.17) is 0 Å². The highest BCUT2D eigenvalue weighted by Gasteiger charge is 2.50. The van der Waals surface area contributed by atoms with E-state index < -0.39 is 26.2 Å². The molecule has 4 saturated carbocycles. The van der Waals surface area contributed by atoms with E-state index >= 15 is 0 Å². The van der Waals surface area contributed by atoms with Crippen LogP contribution in [0, 0.1) is 33.8 Å². The third kappa shape index (κ3) is 4.09. The molecule has 0 saturated heterocycles. The molecule has 4 fully saturated rings. The molecule has 0 radical (unpaired) electrons. The minimum absolute atomic E-state index is 0.108. The Kier molecular flexibility index (Phi) is 5.62. The molecule has 0 heterocycles. The van der Waals surface area contributed by atoms with Crippen molar-refractivity contribution in [2.45, 2.75) is 63.3 Å². The van der Waals surface area contributed by atoms with Crippen LogP contribution in [0.5, 0.6) is 0 Å². The van der Waals surface area contributed by atoms with Crippen LogP contribution in [-0.4, -0.2) is 42.2 Å². The molecule has 0 unspecified atom stereocenters. The van der Waals surface area contributed by atoms with Crippen LogP contribution in [0.2, 0.25) is 0 Å². The van der Waals surface area contributed by atoms with Crippen LogP contribution in [0.3, 0.4) is 0 Å². The van der Waals surface area contributed by atoms with Crippen molar-refractivity contribution in [3.63, 3.8) is 0 Å². The monoisotopic (exact) mass is 449 g/mol. The second-order valence-electron chi connectivity index (χ2n) is 10.1. The number of sulfonamides is 1. The summed E-state index contributed by atoms with van der Waals surface area (Å²) in [5, 5.41) is 14.5. The summed E-state index contributed by atoms with van der Waals surface area (Å²) in [7, 11) is -2.59. The van der Waals surface area contributed by atoms with Crippen LogP contribution >= 0.6 is 0 Å². The van der Waals surface area contributed by atoms with Crippen molar-refractivity contribution in [1.82, 2.24) is 9.62 Å². The number of nitro groups is 1. The van der Waals surface area contributed by atoms with Crippen LogP contribution in [0.4, 0.5) is 5.69 Å². The molecule has 1 aromatic rings. The van der Waals surface area contributed by atoms with E-state index in [9.17, 15) is 23.3 Å². The number of nitrogens with zero attached hydrogens (tertiary/aromatic N) is 2. The standard InChI is InChI=1S/C22H31N3O5S/c1-22(2,21(26)23-20-17-9-14-8-15(11-17)12-18(20)10-14)24(3)31(29,30)13-16-6-4-5-7-19(16)25(27)28/h4-7,14-15,17-18,20H,8-13H2,1-3H3,(H,23,26). The molecule has 1 aromatic carbocycles. The summed E-state index contributed by atoms with van der Waals surface area (Å²) in [6.07, 6.45) is 5.95. The first-order valence-electron chi connectivity index (χ1n) is 11.0. The van der Waals surface area contributed by atoms with Crippen molar-refractivity contribution < 1.29 is 18.1 Å². The number of nitrogens with one attached hydrogen (secondary N) is 1. The summed E-state index contributed by atoms with van der Waals surface area (Å²) in [6, 6.07) is 5.91. The highest BCUT2D eigenvalue weighted by atomic mass is 32.2. The van der Waals surface area contributed by atoms with Gasteiger partial charge >= 0.3 is 0 Å². The van der Waals surface area contributed by atoms with Crippen molar-refractivity contribution >= 4 is 21.6 Å². The second kappa shape index (κ2) is 7.85. The van der Waals surface area contributed by atoms with Gasteiger partial charge in [0.2, 0.25) is 15.9 Å². The molecule has 1 amide bonds. The number of likely N-dealkylation sites (N-methyl/N-ethyl adjacent to an activating group) is 1. The first-order chi connectivity index (χ1) is 14.5. The summed E-state index contributed by atoms with van der Waals surface area (Å²) in [4.78, 5) is 23.9. The van der Waals surface area contributed by atoms with E-state index in [0.717, 1.165) is 41.8 Å². The summed E-state index contributed by atoms with van der Waals surface area (Å²) < 4.78 is 27.2. The summed E-state index contributed by atoms with van der Waals surface area (Å²) in [6.45, 7) is 3.19. The Labute approximate surface area is 183 Å². The van der Waals surface area contributed by atoms with Gasteiger partial charge < -0.3 is 5.32 Å². The molecule has 4 aliphatic rings. The van der Waals surface area contributed by atoms with Crippen LogP contribution < -0.4 is 5.32 Å². The molecule has 0 aromatic heterocycles. The SMILES string of the molecule is CN(C(C)(C)C(=O)NC1C2CC3CC(C2)CC1C3)S(=O)(=O)Cc1ccccc1[N+](=O)[O-]. The van der Waals surface area contributed by atoms with Crippen molar-refractivity contribution in [1.29, 1.82) is 0 Å². The van der Waals surface area contributed by atoms with E-state index in [0.29, 0.717) is 11.8 Å². The topological polar surface area (TPSA) is 110 Å². The lowest BCUT2D eigenvalue weighted by Crippen LogP contribution is -2.62. The molecule has 4 bridgehead atoms. The molecule has 8 nitrogen and oxygen atoms in total. The van der Waals surface area contributed by atoms with Crippen LogP contribution in [-0.2, 0) is 20.6 Å². The number of para-hydroxylation sites is 1. The van der Waals surface area contributed by atoms with Crippen LogP contribution in [0.25, 0.3) is 0 Å². The molecule has 5 rings (SSSR count). The average molecular weight is 450 g/mol. The van der Waals surface area contributed by atoms with Crippen molar-refractivity contribution in [2.24, 2.45) is 23.7 Å². The lowest BCUT2D eigenvalue weighted by molar-refractivity contribution is -0.385. The Bertz CT molecular complexity index is 963. The highest BCUT2D eigenvalue weighted by molar-refractivity contribution is 7.88. The second-order valence-corrected chi connectivity index (χ2v) is 12.1. The fourth-order valence-corrected chi connectivity index (χ4v) is 7.69. The smallest absolute Gasteiger partial charge is 0.273 e. The number of nitro benzene ring substituents is 1. The lowest BCUT2D eigenvalue weighted by Gasteiger charge is -2.54. The molecule has 9 heteroatoms. The molecule has 4 aliphatic carbocycles. The van der Waals surface area contributed by atoms with Gasteiger partial charge in [0, 0.05) is 24.7 Å². The Balaban J connectivity index is 1.48. The van der Waals surface area contributed by atoms with Gasteiger partial charge in [-0.2, -0.15) is 4.31 Å². The summed E-state index contributed by atoms with van der Waals surface area (Å²) >= 11 is 0. The molecule has 0 spiro atoms. The molecule has 0 aliphatic heterocycles. The fourth-order valence-electron chi connectivity index (χ4n) is 6.08. The lowest BCUT2D eigenvalue weighted by atomic mass is 9.54. The minimum Gasteiger partial charge on any atom is -0.351 e. The van der Waals surface area contributed by atoms with Gasteiger partial charge in [0.25, 0.3) is 5.69 Å². The third-order valence-corrected chi connectivity index (χ3v) is 9.78. The zero-order chi connectivity index (χ0) is 22.6. The van der Waals surface area contributed by atoms with Crippen molar-refractivity contribution in [3.05, 3.63) is 39.9 Å². The Hall–Kier alpha value is -2.00. The van der Waals surface area contributed by atoms with Gasteiger partial charge in [-0.1, -0.05) is 18.2 Å². The summed E-state index contributed by atoms with van der Waals surface area (Å²) in [5.41, 5.74) is -1.44. The Morgan fingerprint density at radius 3 is 2.23 bits per heavy atom. The normalized spacial score (nSPS) is 29.9. The number of hydrogen-bond donors (Lipinski definition) is 1. The molecule has 1 N–H and O–H groups in total. The average Bonchev–Trinajstić information content (AvgIpc) is 2.69. The molecule has 170 valence electrons. The number of carbonyl (C=O) groups excluding carboxylic acids is 1. The van der Waals surface area contributed by atoms with E-state index in [-0.39, 0.29) is 23.2 Å². The predicted molar refractivity (Wildman–Crippen MR) is 117 cm³/mol. The Morgan fingerprint density at radius 2 is 1.68 bits per heavy atom. The van der Waals surface area contributed by atoms with Gasteiger partial charge in [-0.3, -0.25) is 14.9 Å². The number of benzene rings is 1. The van der Waals surface area contributed by atoms with E-state index in [1.54, 1.807) is 19.9 Å². The predicted octanol–water partition coefficient (Wildman–Crippen LogP) is 3.08. The van der Waals surface area contributed by atoms with Crippen LogP contribution in [0.1, 0.15) is 51.5 Å². The van der Waals surface area contributed by atoms with Gasteiger partial charge in [-0.25, -0.2) is 8.42 Å². The fraction of sp³-hybridized carbons (Fsp3) is 0.682. The van der Waals surface area contributed by atoms with E-state index in [1.807, 2.05) is 0 Å². The van der Waals surface area contributed by atoms with Gasteiger partial charge in [-0.05, 0) is 69.6 Å². The maximum Gasteiger partial charge on any atom is 0.273 e. The molecule has 0 atom stereocenters. The number of carbonyl (C=O) groups is 1. The van der Waals surface area contributed by atoms with Gasteiger partial charge in [0.05, 0.1) is 10.7 Å². The van der Waals surface area contributed by atoms with Gasteiger partial charge in [0.1, 0.15) is 5.54 Å². The van der Waals surface area contributed by atoms with Crippen molar-refractivity contribution in [3.8, 4) is 0 Å². The van der Waals surface area contributed by atoms with Gasteiger partial charge in [-0.15, -0.1) is 0 Å². The maximum atomic E-state index is 13.2. The Morgan fingerprint density at radius 1 is 1.13 bits per heavy atom. The molecule has 31 heavy (non-hydrogen) atoms.